The van der Waals surface area contributed by atoms with Gasteiger partial charge in [0.25, 0.3) is 5.56 Å². The van der Waals surface area contributed by atoms with E-state index in [1.54, 1.807) is 0 Å². The lowest BCUT2D eigenvalue weighted by Crippen LogP contribution is -2.23. The Kier molecular flexibility index (Phi) is 3.72. The number of rotatable bonds is 2. The Balaban J connectivity index is 2.35. The summed E-state index contributed by atoms with van der Waals surface area (Å²) < 4.78 is 15.5. The molecule has 0 fully saturated rings. The standard InChI is InChI=1S/C12H7FIN3O/c13-11-3-8(5-15)1-2-9(11)7-17-12(18)4-10(14)6-16-17/h1-4,6H,7H2. The summed E-state index contributed by atoms with van der Waals surface area (Å²) >= 11 is 1.98. The molecule has 0 bridgehead atoms. The van der Waals surface area contributed by atoms with Crippen LogP contribution < -0.4 is 5.56 Å². The molecule has 6 heteroatoms. The molecule has 0 aliphatic rings. The summed E-state index contributed by atoms with van der Waals surface area (Å²) in [4.78, 5) is 11.6. The predicted molar refractivity (Wildman–Crippen MR) is 71.4 cm³/mol. The van der Waals surface area contributed by atoms with Crippen molar-refractivity contribution in [2.45, 2.75) is 6.54 Å². The van der Waals surface area contributed by atoms with Crippen molar-refractivity contribution in [3.63, 3.8) is 0 Å². The molecule has 2 aromatic rings. The van der Waals surface area contributed by atoms with Crippen molar-refractivity contribution >= 4 is 22.6 Å². The number of hydrogen-bond acceptors (Lipinski definition) is 3. The molecule has 0 saturated carbocycles. The van der Waals surface area contributed by atoms with Gasteiger partial charge in [-0.3, -0.25) is 4.79 Å². The highest BCUT2D eigenvalue weighted by atomic mass is 127. The van der Waals surface area contributed by atoms with Crippen LogP contribution in [0.2, 0.25) is 0 Å². The lowest BCUT2D eigenvalue weighted by Gasteiger charge is -2.05. The van der Waals surface area contributed by atoms with Gasteiger partial charge in [-0.15, -0.1) is 0 Å². The molecular weight excluding hydrogens is 348 g/mol. The Morgan fingerprint density at radius 2 is 2.22 bits per heavy atom. The minimum Gasteiger partial charge on any atom is -0.268 e. The van der Waals surface area contributed by atoms with Gasteiger partial charge in [0.15, 0.2) is 0 Å². The second kappa shape index (κ2) is 5.27. The fourth-order valence-corrected chi connectivity index (χ4v) is 1.83. The maximum atomic E-state index is 13.6. The molecule has 0 aliphatic carbocycles. The molecule has 0 N–H and O–H groups in total. The highest BCUT2D eigenvalue weighted by molar-refractivity contribution is 14.1. The smallest absolute Gasteiger partial charge is 0.268 e. The van der Waals surface area contributed by atoms with Crippen molar-refractivity contribution in [1.29, 1.82) is 5.26 Å². The molecule has 1 heterocycles. The van der Waals surface area contributed by atoms with Gasteiger partial charge in [-0.2, -0.15) is 10.4 Å². The highest BCUT2D eigenvalue weighted by Crippen LogP contribution is 2.10. The molecule has 0 unspecified atom stereocenters. The van der Waals surface area contributed by atoms with Crippen LogP contribution in [0.5, 0.6) is 0 Å². The van der Waals surface area contributed by atoms with Gasteiger partial charge in [0.05, 0.1) is 24.4 Å². The fourth-order valence-electron chi connectivity index (χ4n) is 1.44. The quantitative estimate of drug-likeness (QED) is 0.774. The second-order valence-corrected chi connectivity index (χ2v) is 4.83. The molecule has 0 aliphatic heterocycles. The molecule has 4 nitrogen and oxygen atoms in total. The van der Waals surface area contributed by atoms with Crippen molar-refractivity contribution < 1.29 is 4.39 Å². The Morgan fingerprint density at radius 3 is 2.83 bits per heavy atom. The summed E-state index contributed by atoms with van der Waals surface area (Å²) in [5.41, 5.74) is 0.287. The SMILES string of the molecule is N#Cc1ccc(Cn2ncc(I)cc2=O)c(F)c1. The van der Waals surface area contributed by atoms with Crippen LogP contribution in [0.4, 0.5) is 4.39 Å². The largest absolute Gasteiger partial charge is 0.268 e. The molecule has 1 aromatic carbocycles. The number of nitriles is 1. The van der Waals surface area contributed by atoms with Gasteiger partial charge in [-0.05, 0) is 34.7 Å². The van der Waals surface area contributed by atoms with Gasteiger partial charge in [0.1, 0.15) is 5.82 Å². The van der Waals surface area contributed by atoms with Crippen LogP contribution in [0.25, 0.3) is 0 Å². The van der Waals surface area contributed by atoms with E-state index < -0.39 is 5.82 Å². The van der Waals surface area contributed by atoms with E-state index in [9.17, 15) is 9.18 Å². The van der Waals surface area contributed by atoms with Gasteiger partial charge >= 0.3 is 0 Å². The first-order chi connectivity index (χ1) is 8.60. The maximum absolute atomic E-state index is 13.6. The van der Waals surface area contributed by atoms with E-state index in [1.165, 1.54) is 29.1 Å². The Morgan fingerprint density at radius 1 is 1.44 bits per heavy atom. The van der Waals surface area contributed by atoms with Crippen LogP contribution in [0.15, 0.2) is 35.3 Å². The van der Waals surface area contributed by atoms with Gasteiger partial charge < -0.3 is 0 Å². The molecule has 0 atom stereocenters. The van der Waals surface area contributed by atoms with E-state index in [1.807, 2.05) is 28.7 Å². The summed E-state index contributed by atoms with van der Waals surface area (Å²) in [6.45, 7) is 0.0489. The van der Waals surface area contributed by atoms with E-state index in [-0.39, 0.29) is 17.7 Å². The molecule has 0 spiro atoms. The zero-order valence-corrected chi connectivity index (χ0v) is 11.3. The molecule has 0 saturated heterocycles. The van der Waals surface area contributed by atoms with E-state index in [0.29, 0.717) is 5.56 Å². The second-order valence-electron chi connectivity index (χ2n) is 3.59. The normalized spacial score (nSPS) is 10.1. The number of aromatic nitrogens is 2. The van der Waals surface area contributed by atoms with Crippen molar-refractivity contribution in [1.82, 2.24) is 9.78 Å². The Bertz CT molecular complexity index is 690. The topological polar surface area (TPSA) is 58.7 Å². The molecule has 0 radical (unpaired) electrons. The molecule has 0 amide bonds. The first kappa shape index (κ1) is 12.7. The molecule has 1 aromatic heterocycles. The lowest BCUT2D eigenvalue weighted by atomic mass is 10.1. The molecule has 90 valence electrons. The summed E-state index contributed by atoms with van der Waals surface area (Å²) in [5, 5.41) is 12.6. The van der Waals surface area contributed by atoms with Crippen molar-refractivity contribution in [2.24, 2.45) is 0 Å². The molecule has 18 heavy (non-hydrogen) atoms. The van der Waals surface area contributed by atoms with Crippen LogP contribution in [0.3, 0.4) is 0 Å². The van der Waals surface area contributed by atoms with Crippen LogP contribution in [0, 0.1) is 20.7 Å². The minimum absolute atomic E-state index is 0.0489. The average molecular weight is 355 g/mol. The van der Waals surface area contributed by atoms with Gasteiger partial charge in [0, 0.05) is 15.2 Å². The van der Waals surface area contributed by atoms with E-state index in [4.69, 9.17) is 5.26 Å². The predicted octanol–water partition coefficient (Wildman–Crippen LogP) is 1.91. The third-order valence-electron chi connectivity index (χ3n) is 2.34. The third kappa shape index (κ3) is 2.73. The first-order valence-electron chi connectivity index (χ1n) is 5.01. The van der Waals surface area contributed by atoms with E-state index in [0.717, 1.165) is 9.64 Å². The lowest BCUT2D eigenvalue weighted by molar-refractivity contribution is 0.571. The van der Waals surface area contributed by atoms with Crippen molar-refractivity contribution in [3.8, 4) is 6.07 Å². The third-order valence-corrected chi connectivity index (χ3v) is 2.93. The van der Waals surface area contributed by atoms with Gasteiger partial charge in [0.2, 0.25) is 0 Å². The number of hydrogen-bond donors (Lipinski definition) is 0. The van der Waals surface area contributed by atoms with E-state index in [2.05, 4.69) is 5.10 Å². The van der Waals surface area contributed by atoms with Crippen LogP contribution in [0.1, 0.15) is 11.1 Å². The zero-order chi connectivity index (χ0) is 13.1. The summed E-state index contributed by atoms with van der Waals surface area (Å²) in [5.74, 6) is -0.513. The number of benzene rings is 1. The highest BCUT2D eigenvalue weighted by Gasteiger charge is 2.06. The number of nitrogens with zero attached hydrogens (tertiary/aromatic N) is 3. The summed E-state index contributed by atoms with van der Waals surface area (Å²) in [6.07, 6.45) is 1.53. The summed E-state index contributed by atoms with van der Waals surface area (Å²) in [7, 11) is 0. The minimum atomic E-state index is -0.513. The Hall–Kier alpha value is -1.75. The average Bonchev–Trinajstić information content (AvgIpc) is 2.34. The molecule has 2 rings (SSSR count). The summed E-state index contributed by atoms with van der Waals surface area (Å²) in [6, 6.07) is 7.42. The first-order valence-corrected chi connectivity index (χ1v) is 6.09. The van der Waals surface area contributed by atoms with Gasteiger partial charge in [-0.1, -0.05) is 6.07 Å². The monoisotopic (exact) mass is 355 g/mol. The van der Waals surface area contributed by atoms with Crippen LogP contribution in [-0.2, 0) is 6.54 Å². The van der Waals surface area contributed by atoms with Crippen LogP contribution >= 0.6 is 22.6 Å². The Labute approximate surface area is 116 Å². The fraction of sp³-hybridized carbons (Fsp3) is 0.0833. The maximum Gasteiger partial charge on any atom is 0.268 e. The van der Waals surface area contributed by atoms with Crippen LogP contribution in [-0.4, -0.2) is 9.78 Å². The van der Waals surface area contributed by atoms with Crippen molar-refractivity contribution in [2.75, 3.05) is 0 Å². The van der Waals surface area contributed by atoms with Gasteiger partial charge in [-0.25, -0.2) is 9.07 Å². The van der Waals surface area contributed by atoms with E-state index >= 15 is 0 Å². The number of halogens is 2. The molecular formula is C12H7FIN3O. The zero-order valence-electron chi connectivity index (χ0n) is 9.10. The van der Waals surface area contributed by atoms with Crippen molar-refractivity contribution in [3.05, 3.63) is 61.3 Å².